The van der Waals surface area contributed by atoms with E-state index in [-0.39, 0.29) is 0 Å². The minimum Gasteiger partial charge on any atom is -0.358 e. The summed E-state index contributed by atoms with van der Waals surface area (Å²) in [6, 6.07) is 7.69. The van der Waals surface area contributed by atoms with Gasteiger partial charge in [-0.1, -0.05) is 19.1 Å². The third kappa shape index (κ3) is 1.95. The summed E-state index contributed by atoms with van der Waals surface area (Å²) >= 11 is 0. The Morgan fingerprint density at radius 2 is 2.24 bits per heavy atom. The highest BCUT2D eigenvalue weighted by Crippen LogP contribution is 2.44. The lowest BCUT2D eigenvalue weighted by Gasteiger charge is -2.46. The van der Waals surface area contributed by atoms with Crippen molar-refractivity contribution in [1.29, 1.82) is 0 Å². The molecule has 2 aromatic rings. The van der Waals surface area contributed by atoms with Crippen LogP contribution in [-0.2, 0) is 6.42 Å². The zero-order chi connectivity index (χ0) is 14.6. The van der Waals surface area contributed by atoms with E-state index in [1.165, 1.54) is 41.5 Å². The second kappa shape index (κ2) is 4.85. The van der Waals surface area contributed by atoms with Crippen molar-refractivity contribution in [2.45, 2.75) is 51.1 Å². The van der Waals surface area contributed by atoms with Gasteiger partial charge in [0.2, 0.25) is 0 Å². The van der Waals surface area contributed by atoms with E-state index in [1.54, 1.807) is 5.56 Å². The molecule has 1 saturated heterocycles. The lowest BCUT2D eigenvalue weighted by atomic mass is 9.73. The molecule has 1 aromatic carbocycles. The maximum Gasteiger partial charge on any atom is 0.0461 e. The van der Waals surface area contributed by atoms with Crippen LogP contribution in [0.3, 0.4) is 0 Å². The van der Waals surface area contributed by atoms with Crippen LogP contribution in [0.4, 0.5) is 0 Å². The normalized spacial score (nSPS) is 28.8. The van der Waals surface area contributed by atoms with Gasteiger partial charge in [0.25, 0.3) is 0 Å². The van der Waals surface area contributed by atoms with Crippen molar-refractivity contribution in [3.8, 4) is 0 Å². The van der Waals surface area contributed by atoms with E-state index in [0.29, 0.717) is 18.0 Å². The number of piperidine rings is 1. The first-order valence-corrected chi connectivity index (χ1v) is 8.28. The summed E-state index contributed by atoms with van der Waals surface area (Å²) in [5, 5.41) is 1.49. The molecule has 21 heavy (non-hydrogen) atoms. The fraction of sp³-hybridized carbons (Fsp3) is 0.556. The Labute approximate surface area is 126 Å². The van der Waals surface area contributed by atoms with E-state index in [2.05, 4.69) is 41.9 Å². The summed E-state index contributed by atoms with van der Waals surface area (Å²) in [5.41, 5.74) is 12.1. The molecular formula is C18H25N3. The number of nitrogens with two attached hydrogens (primary N) is 1. The molecule has 1 aliphatic carbocycles. The summed E-state index contributed by atoms with van der Waals surface area (Å²) < 4.78 is 0. The summed E-state index contributed by atoms with van der Waals surface area (Å²) in [7, 11) is 0. The van der Waals surface area contributed by atoms with Crippen LogP contribution < -0.4 is 5.73 Å². The summed E-state index contributed by atoms with van der Waals surface area (Å²) in [5.74, 6) is 0.603. The number of aryl methyl sites for hydroxylation is 1. The monoisotopic (exact) mass is 283 g/mol. The smallest absolute Gasteiger partial charge is 0.0461 e. The van der Waals surface area contributed by atoms with Crippen LogP contribution in [-0.4, -0.2) is 35.1 Å². The van der Waals surface area contributed by atoms with Crippen molar-refractivity contribution in [3.63, 3.8) is 0 Å². The number of aromatic nitrogens is 1. The molecule has 1 aromatic heterocycles. The Morgan fingerprint density at radius 1 is 1.38 bits per heavy atom. The van der Waals surface area contributed by atoms with E-state index in [9.17, 15) is 0 Å². The highest BCUT2D eigenvalue weighted by Gasteiger charge is 2.39. The second-order valence-electron chi connectivity index (χ2n) is 6.87. The van der Waals surface area contributed by atoms with Gasteiger partial charge in [-0.25, -0.2) is 0 Å². The number of nitrogens with zero attached hydrogens (tertiary/aromatic N) is 1. The van der Waals surface area contributed by atoms with E-state index in [0.717, 1.165) is 13.0 Å². The Hall–Kier alpha value is -1.32. The Morgan fingerprint density at radius 3 is 3.05 bits per heavy atom. The largest absolute Gasteiger partial charge is 0.358 e. The van der Waals surface area contributed by atoms with Gasteiger partial charge in [-0.15, -0.1) is 0 Å². The Balaban J connectivity index is 1.85. The van der Waals surface area contributed by atoms with Crippen molar-refractivity contribution >= 4 is 10.9 Å². The van der Waals surface area contributed by atoms with Crippen LogP contribution in [0.1, 0.15) is 42.5 Å². The van der Waals surface area contributed by atoms with Crippen LogP contribution in [0.25, 0.3) is 10.9 Å². The van der Waals surface area contributed by atoms with Crippen LogP contribution in [0, 0.1) is 6.92 Å². The first-order chi connectivity index (χ1) is 10.2. The molecule has 4 rings (SSSR count). The lowest BCUT2D eigenvalue weighted by molar-refractivity contribution is 0.110. The summed E-state index contributed by atoms with van der Waals surface area (Å²) in [4.78, 5) is 6.22. The number of aromatic amines is 1. The van der Waals surface area contributed by atoms with Crippen LogP contribution in [0.15, 0.2) is 18.2 Å². The summed E-state index contributed by atoms with van der Waals surface area (Å²) in [6.07, 6.45) is 3.52. The molecule has 3 atom stereocenters. The van der Waals surface area contributed by atoms with E-state index in [4.69, 9.17) is 5.73 Å². The molecule has 3 heteroatoms. The molecule has 0 bridgehead atoms. The zero-order valence-corrected chi connectivity index (χ0v) is 13.0. The fourth-order valence-corrected chi connectivity index (χ4v) is 4.65. The molecule has 1 fully saturated rings. The molecule has 3 N–H and O–H groups in total. The Kier molecular flexibility index (Phi) is 3.09. The van der Waals surface area contributed by atoms with Gasteiger partial charge in [0.05, 0.1) is 0 Å². The number of hydrogen-bond donors (Lipinski definition) is 2. The number of fused-ring (bicyclic) bond motifs is 2. The maximum absolute atomic E-state index is 6.37. The average molecular weight is 283 g/mol. The van der Waals surface area contributed by atoms with Gasteiger partial charge < -0.3 is 10.7 Å². The number of H-pyrrole nitrogens is 1. The SMILES string of the molecule is CCCN1CC(N)C[C@@H]2c3cccc4[nH]c(C)c(c34)C[C@H]21. The van der Waals surface area contributed by atoms with Crippen LogP contribution >= 0.6 is 0 Å². The molecule has 1 aliphatic heterocycles. The van der Waals surface area contributed by atoms with Gasteiger partial charge in [-0.3, -0.25) is 4.90 Å². The molecule has 0 spiro atoms. The highest BCUT2D eigenvalue weighted by atomic mass is 15.2. The van der Waals surface area contributed by atoms with Crippen LogP contribution in [0.5, 0.6) is 0 Å². The molecule has 1 unspecified atom stereocenters. The predicted molar refractivity (Wildman–Crippen MR) is 87.7 cm³/mol. The summed E-state index contributed by atoms with van der Waals surface area (Å²) in [6.45, 7) is 6.72. The number of likely N-dealkylation sites (tertiary alicyclic amines) is 1. The van der Waals surface area contributed by atoms with Crippen molar-refractivity contribution in [1.82, 2.24) is 9.88 Å². The number of hydrogen-bond acceptors (Lipinski definition) is 2. The third-order valence-corrected chi connectivity index (χ3v) is 5.46. The first-order valence-electron chi connectivity index (χ1n) is 8.28. The van der Waals surface area contributed by atoms with Gasteiger partial charge in [0.15, 0.2) is 0 Å². The fourth-order valence-electron chi connectivity index (χ4n) is 4.65. The molecule has 0 radical (unpaired) electrons. The minimum absolute atomic E-state index is 0.314. The standard InChI is InChI=1S/C18H25N3/c1-3-7-21-10-12(19)8-15-13-5-4-6-16-18(13)14(9-17(15)21)11(2)20-16/h4-6,12,15,17,20H,3,7-10,19H2,1-2H3/t12?,15-,17-/m1/s1. The van der Waals surface area contributed by atoms with E-state index in [1.807, 2.05) is 0 Å². The predicted octanol–water partition coefficient (Wildman–Crippen LogP) is 2.93. The molecular weight excluding hydrogens is 258 g/mol. The topological polar surface area (TPSA) is 45.0 Å². The van der Waals surface area contributed by atoms with Crippen molar-refractivity contribution in [2.75, 3.05) is 13.1 Å². The highest BCUT2D eigenvalue weighted by molar-refractivity contribution is 5.89. The number of rotatable bonds is 2. The quantitative estimate of drug-likeness (QED) is 0.890. The molecule has 0 amide bonds. The maximum atomic E-state index is 6.37. The third-order valence-electron chi connectivity index (χ3n) is 5.46. The molecule has 3 nitrogen and oxygen atoms in total. The molecule has 112 valence electrons. The minimum atomic E-state index is 0.314. The average Bonchev–Trinajstić information content (AvgIpc) is 2.78. The number of nitrogens with one attached hydrogen (secondary N) is 1. The van der Waals surface area contributed by atoms with Crippen molar-refractivity contribution in [2.24, 2.45) is 5.73 Å². The van der Waals surface area contributed by atoms with Gasteiger partial charge in [-0.2, -0.15) is 0 Å². The van der Waals surface area contributed by atoms with Gasteiger partial charge in [-0.05, 0) is 49.9 Å². The van der Waals surface area contributed by atoms with E-state index >= 15 is 0 Å². The molecule has 2 aliphatic rings. The van der Waals surface area contributed by atoms with Gasteiger partial charge in [0, 0.05) is 41.1 Å². The zero-order valence-electron chi connectivity index (χ0n) is 13.0. The van der Waals surface area contributed by atoms with Crippen LogP contribution in [0.2, 0.25) is 0 Å². The molecule has 2 heterocycles. The van der Waals surface area contributed by atoms with E-state index < -0.39 is 0 Å². The van der Waals surface area contributed by atoms with Gasteiger partial charge in [0.1, 0.15) is 0 Å². The number of benzene rings is 1. The van der Waals surface area contributed by atoms with Crippen molar-refractivity contribution < 1.29 is 0 Å². The van der Waals surface area contributed by atoms with Gasteiger partial charge >= 0.3 is 0 Å². The molecule has 0 saturated carbocycles. The Bertz CT molecular complexity index is 672. The second-order valence-corrected chi connectivity index (χ2v) is 6.87. The van der Waals surface area contributed by atoms with Crippen molar-refractivity contribution in [3.05, 3.63) is 35.0 Å². The first kappa shape index (κ1) is 13.4. The lowest BCUT2D eigenvalue weighted by Crippen LogP contribution is -2.54.